The lowest BCUT2D eigenvalue weighted by Crippen LogP contribution is -2.41. The number of para-hydroxylation sites is 1. The van der Waals surface area contributed by atoms with Gasteiger partial charge in [-0.25, -0.2) is 0 Å². The van der Waals surface area contributed by atoms with Crippen LogP contribution in [0, 0.1) is 18.8 Å². The van der Waals surface area contributed by atoms with Crippen molar-refractivity contribution in [3.8, 4) is 0 Å². The fourth-order valence-electron chi connectivity index (χ4n) is 5.94. The van der Waals surface area contributed by atoms with E-state index in [9.17, 15) is 14.4 Å². The third kappa shape index (κ3) is 2.54. The molecule has 3 aliphatic carbocycles. The molecule has 4 aliphatic rings. The zero-order valence-electron chi connectivity index (χ0n) is 17.6. The molecule has 1 heterocycles. The van der Waals surface area contributed by atoms with Gasteiger partial charge in [-0.1, -0.05) is 66.7 Å². The summed E-state index contributed by atoms with van der Waals surface area (Å²) < 4.78 is 0. The molecule has 0 radical (unpaired) electrons. The molecular weight excluding hydrogens is 400 g/mol. The number of carbonyl (C=O) groups excluding carboxylic acids is 3. The molecule has 0 saturated carbocycles. The summed E-state index contributed by atoms with van der Waals surface area (Å²) in [6, 6.07) is 23.7. The van der Waals surface area contributed by atoms with E-state index in [1.165, 1.54) is 4.90 Å². The summed E-state index contributed by atoms with van der Waals surface area (Å²) in [5.41, 5.74) is 6.13. The van der Waals surface area contributed by atoms with Gasteiger partial charge in [0.2, 0.25) is 17.7 Å². The van der Waals surface area contributed by atoms with Crippen LogP contribution in [0.3, 0.4) is 0 Å². The van der Waals surface area contributed by atoms with Gasteiger partial charge in [0.25, 0.3) is 0 Å². The quantitative estimate of drug-likeness (QED) is 0.653. The van der Waals surface area contributed by atoms with E-state index in [4.69, 9.17) is 0 Å². The number of benzene rings is 3. The number of hydrogen-bond donors (Lipinski definition) is 1. The fourth-order valence-corrected chi connectivity index (χ4v) is 5.94. The van der Waals surface area contributed by atoms with Crippen LogP contribution in [0.5, 0.6) is 0 Å². The summed E-state index contributed by atoms with van der Waals surface area (Å²) in [4.78, 5) is 41.0. The SMILES string of the molecule is Cc1ccccc1NC(=O)CN1C(=O)[C@@H]2C3c4ccccc4C(c4ccccc43)[C@H]2C1=O. The molecule has 5 nitrogen and oxygen atoms in total. The van der Waals surface area contributed by atoms with Crippen molar-refractivity contribution in [2.45, 2.75) is 18.8 Å². The Morgan fingerprint density at radius 3 is 1.66 bits per heavy atom. The number of nitrogens with one attached hydrogen (secondary N) is 1. The zero-order chi connectivity index (χ0) is 22.0. The van der Waals surface area contributed by atoms with E-state index in [0.717, 1.165) is 27.8 Å². The summed E-state index contributed by atoms with van der Waals surface area (Å²) in [7, 11) is 0. The Morgan fingerprint density at radius 1 is 0.750 bits per heavy atom. The minimum atomic E-state index is -0.455. The van der Waals surface area contributed by atoms with Gasteiger partial charge >= 0.3 is 0 Å². The van der Waals surface area contributed by atoms with Gasteiger partial charge in [0.05, 0.1) is 11.8 Å². The molecule has 2 atom stereocenters. The minimum Gasteiger partial charge on any atom is -0.324 e. The molecule has 1 N–H and O–H groups in total. The van der Waals surface area contributed by atoms with Gasteiger partial charge < -0.3 is 5.32 Å². The Hall–Kier alpha value is -3.73. The van der Waals surface area contributed by atoms with Crippen molar-refractivity contribution in [3.63, 3.8) is 0 Å². The molecule has 158 valence electrons. The molecule has 0 spiro atoms. The molecule has 2 bridgehead atoms. The van der Waals surface area contributed by atoms with Crippen molar-refractivity contribution in [1.82, 2.24) is 4.90 Å². The molecule has 1 fully saturated rings. The molecule has 0 unspecified atom stereocenters. The van der Waals surface area contributed by atoms with E-state index >= 15 is 0 Å². The third-order valence-electron chi connectivity index (χ3n) is 7.26. The molecule has 1 saturated heterocycles. The second-order valence-electron chi connectivity index (χ2n) is 8.89. The highest BCUT2D eigenvalue weighted by Crippen LogP contribution is 2.60. The van der Waals surface area contributed by atoms with E-state index < -0.39 is 11.8 Å². The summed E-state index contributed by atoms with van der Waals surface area (Å²) in [5.74, 6) is -2.05. The number of carbonyl (C=O) groups is 3. The Morgan fingerprint density at radius 2 is 1.19 bits per heavy atom. The van der Waals surface area contributed by atoms with Gasteiger partial charge in [0.1, 0.15) is 6.54 Å². The van der Waals surface area contributed by atoms with Crippen molar-refractivity contribution < 1.29 is 14.4 Å². The number of likely N-dealkylation sites (tertiary alicyclic amines) is 1. The van der Waals surface area contributed by atoms with Crippen LogP contribution < -0.4 is 5.32 Å². The fraction of sp³-hybridized carbons (Fsp3) is 0.222. The lowest BCUT2D eigenvalue weighted by molar-refractivity contribution is -0.142. The first kappa shape index (κ1) is 19.0. The largest absolute Gasteiger partial charge is 0.324 e. The Kier molecular flexibility index (Phi) is 4.09. The summed E-state index contributed by atoms with van der Waals surface area (Å²) in [6.07, 6.45) is 0. The third-order valence-corrected chi connectivity index (χ3v) is 7.26. The highest BCUT2D eigenvalue weighted by molar-refractivity contribution is 6.10. The number of nitrogens with zero attached hydrogens (tertiary/aromatic N) is 1. The first-order chi connectivity index (χ1) is 15.6. The van der Waals surface area contributed by atoms with Crippen LogP contribution in [0.2, 0.25) is 0 Å². The average Bonchev–Trinajstić information content (AvgIpc) is 3.06. The van der Waals surface area contributed by atoms with Crippen LogP contribution in [0.4, 0.5) is 5.69 Å². The van der Waals surface area contributed by atoms with Crippen LogP contribution in [0.25, 0.3) is 0 Å². The summed E-state index contributed by atoms with van der Waals surface area (Å²) >= 11 is 0. The van der Waals surface area contributed by atoms with Crippen LogP contribution in [0.15, 0.2) is 72.8 Å². The summed E-state index contributed by atoms with van der Waals surface area (Å²) in [6.45, 7) is 1.65. The number of anilines is 1. The van der Waals surface area contributed by atoms with Gasteiger partial charge in [-0.15, -0.1) is 0 Å². The molecule has 5 heteroatoms. The number of aryl methyl sites for hydroxylation is 1. The second-order valence-corrected chi connectivity index (χ2v) is 8.89. The number of hydrogen-bond acceptors (Lipinski definition) is 3. The highest BCUT2D eigenvalue weighted by Gasteiger charge is 2.61. The lowest BCUT2D eigenvalue weighted by atomic mass is 9.55. The lowest BCUT2D eigenvalue weighted by Gasteiger charge is -2.45. The van der Waals surface area contributed by atoms with E-state index in [1.54, 1.807) is 0 Å². The smallest absolute Gasteiger partial charge is 0.244 e. The number of imide groups is 1. The van der Waals surface area contributed by atoms with E-state index in [1.807, 2.05) is 55.5 Å². The molecule has 3 aromatic carbocycles. The van der Waals surface area contributed by atoms with Gasteiger partial charge in [-0.3, -0.25) is 19.3 Å². The minimum absolute atomic E-state index is 0.154. The Balaban J connectivity index is 1.36. The van der Waals surface area contributed by atoms with Gasteiger partial charge in [0.15, 0.2) is 0 Å². The predicted octanol–water partition coefficient (Wildman–Crippen LogP) is 3.83. The first-order valence-corrected chi connectivity index (χ1v) is 10.9. The van der Waals surface area contributed by atoms with Gasteiger partial charge in [-0.2, -0.15) is 0 Å². The number of rotatable bonds is 3. The molecule has 3 amide bonds. The molecule has 3 aromatic rings. The van der Waals surface area contributed by atoms with Crippen molar-refractivity contribution in [1.29, 1.82) is 0 Å². The first-order valence-electron chi connectivity index (χ1n) is 10.9. The van der Waals surface area contributed by atoms with E-state index in [2.05, 4.69) is 29.6 Å². The maximum absolute atomic E-state index is 13.5. The van der Waals surface area contributed by atoms with Gasteiger partial charge in [0, 0.05) is 17.5 Å². The monoisotopic (exact) mass is 422 g/mol. The van der Waals surface area contributed by atoms with Crippen LogP contribution in [-0.2, 0) is 14.4 Å². The van der Waals surface area contributed by atoms with Crippen molar-refractivity contribution in [3.05, 3.63) is 101 Å². The Bertz CT molecular complexity index is 1180. The average molecular weight is 422 g/mol. The topological polar surface area (TPSA) is 66.5 Å². The number of amides is 3. The summed E-state index contributed by atoms with van der Waals surface area (Å²) in [5, 5.41) is 2.85. The zero-order valence-corrected chi connectivity index (χ0v) is 17.6. The molecular formula is C27H22N2O3. The van der Waals surface area contributed by atoms with Crippen molar-refractivity contribution in [2.75, 3.05) is 11.9 Å². The maximum atomic E-state index is 13.5. The van der Waals surface area contributed by atoms with Crippen molar-refractivity contribution >= 4 is 23.4 Å². The molecule has 1 aliphatic heterocycles. The standard InChI is InChI=1S/C27H22N2O3/c1-15-8-2-7-13-20(15)28-21(30)14-29-26(31)24-22-16-9-3-4-10-17(16)23(25(24)27(29)32)19-12-6-5-11-18(19)22/h2-13,22-25H,14H2,1H3,(H,28,30)/t22?,23?,24-,25-/m1/s1. The highest BCUT2D eigenvalue weighted by atomic mass is 16.2. The van der Waals surface area contributed by atoms with Gasteiger partial charge in [-0.05, 0) is 40.8 Å². The van der Waals surface area contributed by atoms with Crippen LogP contribution in [0.1, 0.15) is 39.7 Å². The predicted molar refractivity (Wildman–Crippen MR) is 120 cm³/mol. The Labute approximate surface area is 186 Å². The van der Waals surface area contributed by atoms with Crippen molar-refractivity contribution in [2.24, 2.45) is 11.8 Å². The molecule has 7 rings (SSSR count). The van der Waals surface area contributed by atoms with Crippen LogP contribution >= 0.6 is 0 Å². The maximum Gasteiger partial charge on any atom is 0.244 e. The molecule has 0 aromatic heterocycles. The van der Waals surface area contributed by atoms with Crippen LogP contribution in [-0.4, -0.2) is 29.2 Å². The second kappa shape index (κ2) is 6.89. The normalized spacial score (nSPS) is 24.7. The van der Waals surface area contributed by atoms with E-state index in [0.29, 0.717) is 5.69 Å². The molecule has 32 heavy (non-hydrogen) atoms. The van der Waals surface area contributed by atoms with E-state index in [-0.39, 0.29) is 36.1 Å².